The van der Waals surface area contributed by atoms with Crippen LogP contribution in [0.2, 0.25) is 0 Å². The van der Waals surface area contributed by atoms with Crippen LogP contribution < -0.4 is 4.31 Å². The molecule has 7 heteroatoms. The van der Waals surface area contributed by atoms with Crippen molar-refractivity contribution in [3.63, 3.8) is 0 Å². The number of nitrogens with zero attached hydrogens (tertiary/aromatic N) is 1. The number of anilines is 1. The average Bonchev–Trinajstić information content (AvgIpc) is 2.23. The van der Waals surface area contributed by atoms with E-state index < -0.39 is 15.8 Å². The largest absolute Gasteiger partial charge is 0.508 e. The maximum absolute atomic E-state index is 12.5. The van der Waals surface area contributed by atoms with Gasteiger partial charge in [-0.25, -0.2) is 8.42 Å². The van der Waals surface area contributed by atoms with Gasteiger partial charge in [0.25, 0.3) is 10.0 Å². The number of aryl methyl sites for hydroxylation is 1. The van der Waals surface area contributed by atoms with Gasteiger partial charge in [0.05, 0.1) is 5.69 Å². The second-order valence-electron chi connectivity index (χ2n) is 3.44. The molecule has 1 N–H and O–H groups in total. The molecule has 0 heterocycles. The molecular weight excluding hydrogens is 252 g/mol. The lowest BCUT2D eigenvalue weighted by atomic mass is 10.2. The Labute approximate surface area is 98.5 Å². The lowest BCUT2D eigenvalue weighted by molar-refractivity contribution is 0.234. The van der Waals surface area contributed by atoms with Gasteiger partial charge in [0, 0.05) is 12.6 Å². The van der Waals surface area contributed by atoms with Crippen molar-refractivity contribution < 1.29 is 22.3 Å². The molecule has 1 rings (SSSR count). The standard InChI is InChI=1S/C10H13F2NO3S/c1-3-13(17(15,16)10(11)12)9-6-8(14)5-4-7(9)2/h4-6,10,14H,3H2,1-2H3. The third-order valence-corrected chi connectivity index (χ3v) is 3.80. The van der Waals surface area contributed by atoms with Crippen LogP contribution in [0.3, 0.4) is 0 Å². The molecule has 0 aliphatic rings. The first-order chi connectivity index (χ1) is 7.80. The molecule has 0 saturated heterocycles. The van der Waals surface area contributed by atoms with Gasteiger partial charge in [-0.15, -0.1) is 0 Å². The molecular formula is C10H13F2NO3S. The topological polar surface area (TPSA) is 57.6 Å². The Morgan fingerprint density at radius 1 is 1.41 bits per heavy atom. The minimum Gasteiger partial charge on any atom is -0.508 e. The highest BCUT2D eigenvalue weighted by molar-refractivity contribution is 7.93. The van der Waals surface area contributed by atoms with Crippen LogP contribution in [0.15, 0.2) is 18.2 Å². The molecule has 0 aromatic heterocycles. The lowest BCUT2D eigenvalue weighted by Gasteiger charge is -2.23. The molecule has 0 radical (unpaired) electrons. The third-order valence-electron chi connectivity index (χ3n) is 2.28. The molecule has 0 saturated carbocycles. The van der Waals surface area contributed by atoms with Crippen LogP contribution in [0.1, 0.15) is 12.5 Å². The predicted molar refractivity (Wildman–Crippen MR) is 60.8 cm³/mol. The number of hydrogen-bond donors (Lipinski definition) is 1. The molecule has 17 heavy (non-hydrogen) atoms. The fourth-order valence-electron chi connectivity index (χ4n) is 1.45. The van der Waals surface area contributed by atoms with Crippen molar-refractivity contribution in [3.8, 4) is 5.75 Å². The first kappa shape index (κ1) is 13.7. The van der Waals surface area contributed by atoms with Crippen LogP contribution in [0.4, 0.5) is 14.5 Å². The van der Waals surface area contributed by atoms with E-state index in [1.807, 2.05) is 0 Å². The Kier molecular flexibility index (Phi) is 3.92. The van der Waals surface area contributed by atoms with Crippen molar-refractivity contribution in [2.45, 2.75) is 19.6 Å². The highest BCUT2D eigenvalue weighted by Gasteiger charge is 2.32. The number of phenols is 1. The molecule has 0 fully saturated rings. The predicted octanol–water partition coefficient (Wildman–Crippen LogP) is 2.08. The van der Waals surface area contributed by atoms with Gasteiger partial charge in [0.15, 0.2) is 0 Å². The number of halogens is 2. The molecule has 0 bridgehead atoms. The Balaban J connectivity index is 3.33. The van der Waals surface area contributed by atoms with E-state index in [0.717, 1.165) is 6.07 Å². The van der Waals surface area contributed by atoms with Crippen molar-refractivity contribution in [2.24, 2.45) is 0 Å². The first-order valence-corrected chi connectivity index (χ1v) is 6.40. The van der Waals surface area contributed by atoms with Crippen molar-refractivity contribution in [2.75, 3.05) is 10.8 Å². The summed E-state index contributed by atoms with van der Waals surface area (Å²) in [5.41, 5.74) is 0.557. The summed E-state index contributed by atoms with van der Waals surface area (Å²) in [4.78, 5) is 0. The van der Waals surface area contributed by atoms with Gasteiger partial charge in [-0.1, -0.05) is 6.07 Å². The second kappa shape index (κ2) is 4.87. The molecule has 0 amide bonds. The monoisotopic (exact) mass is 265 g/mol. The summed E-state index contributed by atoms with van der Waals surface area (Å²) in [5.74, 6) is -3.65. The number of alkyl halides is 2. The van der Waals surface area contributed by atoms with Crippen molar-refractivity contribution >= 4 is 15.7 Å². The smallest absolute Gasteiger partial charge is 0.355 e. The quantitative estimate of drug-likeness (QED) is 0.906. The molecule has 0 unspecified atom stereocenters. The van der Waals surface area contributed by atoms with E-state index >= 15 is 0 Å². The number of benzene rings is 1. The summed E-state index contributed by atoms with van der Waals surface area (Å²) in [5, 5.41) is 9.28. The van der Waals surface area contributed by atoms with Crippen molar-refractivity contribution in [3.05, 3.63) is 23.8 Å². The maximum atomic E-state index is 12.5. The average molecular weight is 265 g/mol. The SMILES string of the molecule is CCN(c1cc(O)ccc1C)S(=O)(=O)C(F)F. The summed E-state index contributed by atoms with van der Waals surface area (Å²) < 4.78 is 48.4. The molecule has 0 atom stereocenters. The summed E-state index contributed by atoms with van der Waals surface area (Å²) in [6.45, 7) is 2.90. The van der Waals surface area contributed by atoms with E-state index in [1.54, 1.807) is 6.92 Å². The van der Waals surface area contributed by atoms with Gasteiger partial charge in [-0.05, 0) is 25.5 Å². The Morgan fingerprint density at radius 2 is 2.00 bits per heavy atom. The fraction of sp³-hybridized carbons (Fsp3) is 0.400. The first-order valence-electron chi connectivity index (χ1n) is 4.90. The van der Waals surface area contributed by atoms with Crippen LogP contribution >= 0.6 is 0 Å². The van der Waals surface area contributed by atoms with Gasteiger partial charge >= 0.3 is 5.76 Å². The summed E-state index contributed by atoms with van der Waals surface area (Å²) in [7, 11) is -4.69. The molecule has 0 aliphatic heterocycles. The third kappa shape index (κ3) is 2.66. The van der Waals surface area contributed by atoms with Crippen LogP contribution in [-0.2, 0) is 10.0 Å². The second-order valence-corrected chi connectivity index (χ2v) is 5.27. The van der Waals surface area contributed by atoms with E-state index in [4.69, 9.17) is 0 Å². The molecule has 1 aromatic carbocycles. The molecule has 96 valence electrons. The van der Waals surface area contributed by atoms with Gasteiger partial charge in [0.2, 0.25) is 0 Å². The Morgan fingerprint density at radius 3 is 2.47 bits per heavy atom. The van der Waals surface area contributed by atoms with Gasteiger partial charge in [0.1, 0.15) is 5.75 Å². The van der Waals surface area contributed by atoms with Gasteiger partial charge in [-0.2, -0.15) is 8.78 Å². The van der Waals surface area contributed by atoms with E-state index in [9.17, 15) is 22.3 Å². The van der Waals surface area contributed by atoms with Crippen LogP contribution in [0.5, 0.6) is 5.75 Å². The highest BCUT2D eigenvalue weighted by atomic mass is 32.2. The minimum absolute atomic E-state index is 0.0628. The van der Waals surface area contributed by atoms with E-state index in [1.165, 1.54) is 19.1 Å². The number of phenolic OH excluding ortho intramolecular Hbond substituents is 1. The summed E-state index contributed by atoms with van der Waals surface area (Å²) in [6.07, 6.45) is 0. The Bertz CT molecular complexity index is 502. The summed E-state index contributed by atoms with van der Waals surface area (Å²) in [6, 6.07) is 3.98. The van der Waals surface area contributed by atoms with Crippen LogP contribution in [0.25, 0.3) is 0 Å². The van der Waals surface area contributed by atoms with Crippen LogP contribution in [0, 0.1) is 6.92 Å². The lowest BCUT2D eigenvalue weighted by Crippen LogP contribution is -2.35. The molecule has 1 aromatic rings. The summed E-state index contributed by atoms with van der Waals surface area (Å²) >= 11 is 0. The van der Waals surface area contributed by atoms with E-state index in [2.05, 4.69) is 0 Å². The zero-order chi connectivity index (χ0) is 13.2. The number of sulfonamides is 1. The minimum atomic E-state index is -4.69. The molecule has 0 aliphatic carbocycles. The fourth-order valence-corrected chi connectivity index (χ4v) is 2.47. The van der Waals surface area contributed by atoms with Gasteiger partial charge < -0.3 is 5.11 Å². The normalized spacial score (nSPS) is 11.8. The van der Waals surface area contributed by atoms with E-state index in [0.29, 0.717) is 9.87 Å². The van der Waals surface area contributed by atoms with Crippen LogP contribution in [-0.4, -0.2) is 25.8 Å². The zero-order valence-electron chi connectivity index (χ0n) is 9.39. The molecule has 4 nitrogen and oxygen atoms in total. The molecule has 0 spiro atoms. The van der Waals surface area contributed by atoms with Crippen molar-refractivity contribution in [1.82, 2.24) is 0 Å². The number of hydrogen-bond acceptors (Lipinski definition) is 3. The van der Waals surface area contributed by atoms with Gasteiger partial charge in [-0.3, -0.25) is 4.31 Å². The highest BCUT2D eigenvalue weighted by Crippen LogP contribution is 2.28. The van der Waals surface area contributed by atoms with Crippen molar-refractivity contribution in [1.29, 1.82) is 0 Å². The number of rotatable bonds is 4. The van der Waals surface area contributed by atoms with E-state index in [-0.39, 0.29) is 18.0 Å². The maximum Gasteiger partial charge on any atom is 0.355 e. The zero-order valence-corrected chi connectivity index (χ0v) is 10.2. The number of aromatic hydroxyl groups is 1. The Hall–Kier alpha value is -1.37.